The van der Waals surface area contributed by atoms with Crippen LogP contribution in [0, 0.1) is 0 Å². The van der Waals surface area contributed by atoms with Gasteiger partial charge in [-0.3, -0.25) is 0 Å². The number of hydrogen-bond donors (Lipinski definition) is 1. The summed E-state index contributed by atoms with van der Waals surface area (Å²) in [6.07, 6.45) is 5.08. The third kappa shape index (κ3) is 12.0. The van der Waals surface area contributed by atoms with Crippen LogP contribution < -0.4 is 0 Å². The molecule has 1 aromatic rings. The number of halogens is 3. The van der Waals surface area contributed by atoms with E-state index in [1.54, 1.807) is 18.7 Å². The van der Waals surface area contributed by atoms with Gasteiger partial charge in [0, 0.05) is 12.4 Å². The second kappa shape index (κ2) is 11.5. The number of imidazole rings is 1. The fraction of sp³-hybridized carbons (Fsp3) is 0. The van der Waals surface area contributed by atoms with Gasteiger partial charge in [0.15, 0.2) is 0 Å². The van der Waals surface area contributed by atoms with Crippen molar-refractivity contribution in [3.8, 4) is 0 Å². The maximum atomic E-state index is 4.95. The standard InChI is InChI=1S/C3H4N2.3ClH.Zn/c1-2-5-3-4-1;;;;/h1-3H,(H,4,5);3*1H;/q;;;;+2/p-2. The van der Waals surface area contributed by atoms with Crippen molar-refractivity contribution in [2.45, 2.75) is 0 Å². The van der Waals surface area contributed by atoms with Crippen LogP contribution >= 0.6 is 31.8 Å². The molecule has 0 aliphatic rings. The number of H-pyrrole nitrogens is 1. The summed E-state index contributed by atoms with van der Waals surface area (Å²) in [4.78, 5) is 6.42. The molecule has 1 aromatic heterocycles. The number of nitrogens with zero attached hydrogens (tertiary/aromatic N) is 1. The van der Waals surface area contributed by atoms with E-state index in [9.17, 15) is 0 Å². The summed E-state index contributed by atoms with van der Waals surface area (Å²) in [6, 6.07) is 0. The fourth-order valence-corrected chi connectivity index (χ4v) is 0.215. The van der Waals surface area contributed by atoms with Gasteiger partial charge in [0.2, 0.25) is 0 Å². The molecular formula is C3H5Cl3N2Zn. The molecule has 6 heteroatoms. The molecule has 2 nitrogen and oxygen atoms in total. The zero-order valence-corrected chi connectivity index (χ0v) is 9.85. The Labute approximate surface area is 75.4 Å². The minimum Gasteiger partial charge on any atom is -0.351 e. The summed E-state index contributed by atoms with van der Waals surface area (Å²) >= 11 is -0.931. The van der Waals surface area contributed by atoms with Gasteiger partial charge in [-0.05, 0) is 0 Å². The Bertz CT molecular complexity index is 84.0. The van der Waals surface area contributed by atoms with Crippen molar-refractivity contribution in [1.82, 2.24) is 9.97 Å². The first-order valence-corrected chi connectivity index (χ1v) is 9.76. The molecule has 9 heavy (non-hydrogen) atoms. The van der Waals surface area contributed by atoms with Gasteiger partial charge in [-0.25, -0.2) is 4.98 Å². The number of aromatic amines is 1. The van der Waals surface area contributed by atoms with E-state index in [2.05, 4.69) is 9.97 Å². The molecule has 0 atom stereocenters. The van der Waals surface area contributed by atoms with E-state index in [1.165, 1.54) is 0 Å². The normalized spacial score (nSPS) is 5.56. The van der Waals surface area contributed by atoms with Gasteiger partial charge in [-0.15, -0.1) is 12.4 Å². The van der Waals surface area contributed by atoms with Crippen LogP contribution in [0.2, 0.25) is 0 Å². The van der Waals surface area contributed by atoms with E-state index in [-0.39, 0.29) is 12.4 Å². The van der Waals surface area contributed by atoms with Gasteiger partial charge in [0.25, 0.3) is 0 Å². The number of rotatable bonds is 0. The predicted octanol–water partition coefficient (Wildman–Crippen LogP) is 2.21. The molecule has 1 rings (SSSR count). The summed E-state index contributed by atoms with van der Waals surface area (Å²) in [5.74, 6) is 0. The number of hydrogen-bond acceptors (Lipinski definition) is 1. The third-order valence-corrected chi connectivity index (χ3v) is 0.406. The van der Waals surface area contributed by atoms with Crippen molar-refractivity contribution in [2.75, 3.05) is 0 Å². The van der Waals surface area contributed by atoms with Gasteiger partial charge < -0.3 is 4.98 Å². The summed E-state index contributed by atoms with van der Waals surface area (Å²) in [7, 11) is 9.90. The average Bonchev–Trinajstić information content (AvgIpc) is 2.17. The van der Waals surface area contributed by atoms with Crippen molar-refractivity contribution in [2.24, 2.45) is 0 Å². The monoisotopic (exact) mass is 238 g/mol. The molecule has 0 unspecified atom stereocenters. The van der Waals surface area contributed by atoms with Crippen LogP contribution in [0.25, 0.3) is 0 Å². The summed E-state index contributed by atoms with van der Waals surface area (Å²) in [6.45, 7) is 0. The zero-order chi connectivity index (χ0) is 6.24. The second-order valence-electron chi connectivity index (χ2n) is 0.862. The van der Waals surface area contributed by atoms with Crippen molar-refractivity contribution < 1.29 is 15.1 Å². The quantitative estimate of drug-likeness (QED) is 0.693. The van der Waals surface area contributed by atoms with Gasteiger partial charge in [-0.1, -0.05) is 0 Å². The van der Waals surface area contributed by atoms with Crippen LogP contribution in [-0.2, 0) is 15.1 Å². The van der Waals surface area contributed by atoms with Crippen LogP contribution in [0.15, 0.2) is 18.7 Å². The molecular weight excluding hydrogens is 236 g/mol. The van der Waals surface area contributed by atoms with Crippen LogP contribution in [0.3, 0.4) is 0 Å². The number of nitrogens with one attached hydrogen (secondary N) is 1. The molecule has 1 heterocycles. The number of aromatic nitrogens is 2. The van der Waals surface area contributed by atoms with Crippen molar-refractivity contribution >= 4 is 31.8 Å². The Hall–Kier alpha value is 0.703. The van der Waals surface area contributed by atoms with Crippen molar-refractivity contribution in [1.29, 1.82) is 0 Å². The zero-order valence-electron chi connectivity index (χ0n) is 4.55. The Balaban J connectivity index is 0. The van der Waals surface area contributed by atoms with E-state index >= 15 is 0 Å². The molecule has 0 radical (unpaired) electrons. The fourth-order valence-electron chi connectivity index (χ4n) is 0.215. The van der Waals surface area contributed by atoms with Crippen molar-refractivity contribution in [3.05, 3.63) is 18.7 Å². The van der Waals surface area contributed by atoms with E-state index in [1.807, 2.05) is 0 Å². The SMILES string of the molecule is Cl.[Cl][Zn][Cl].c1c[nH]cn1. The summed E-state index contributed by atoms with van der Waals surface area (Å²) < 4.78 is 0. The molecule has 0 amide bonds. The summed E-state index contributed by atoms with van der Waals surface area (Å²) in [5.41, 5.74) is 0. The van der Waals surface area contributed by atoms with Gasteiger partial charge in [-0.2, -0.15) is 0 Å². The van der Waals surface area contributed by atoms with Crippen LogP contribution in [0.5, 0.6) is 0 Å². The molecule has 50 valence electrons. The van der Waals surface area contributed by atoms with Crippen LogP contribution in [0.1, 0.15) is 0 Å². The Morgan fingerprint density at radius 1 is 1.44 bits per heavy atom. The minimum atomic E-state index is -0.931. The van der Waals surface area contributed by atoms with E-state index in [0.717, 1.165) is 0 Å². The molecule has 0 fully saturated rings. The smallest absolute Gasteiger partial charge is 0.0919 e. The predicted molar refractivity (Wildman–Crippen MR) is 37.5 cm³/mol. The molecule has 0 saturated heterocycles. The molecule has 0 aliphatic carbocycles. The molecule has 0 spiro atoms. The minimum absolute atomic E-state index is 0. The first kappa shape index (κ1) is 12.4. The maximum Gasteiger partial charge on any atom is 0.0919 e. The molecule has 0 aliphatic heterocycles. The largest absolute Gasteiger partial charge is 0.351 e. The topological polar surface area (TPSA) is 28.7 Å². The van der Waals surface area contributed by atoms with Crippen LogP contribution in [0.4, 0.5) is 0 Å². The van der Waals surface area contributed by atoms with E-state index in [0.29, 0.717) is 0 Å². The van der Waals surface area contributed by atoms with Gasteiger partial charge in [0.1, 0.15) is 0 Å². The Kier molecular flexibility index (Phi) is 15.8. The Morgan fingerprint density at radius 2 is 2.00 bits per heavy atom. The summed E-state index contributed by atoms with van der Waals surface area (Å²) in [5, 5.41) is 0. The average molecular weight is 241 g/mol. The van der Waals surface area contributed by atoms with E-state index in [4.69, 9.17) is 19.4 Å². The Morgan fingerprint density at radius 3 is 2.11 bits per heavy atom. The first-order chi connectivity index (χ1) is 3.91. The second-order valence-corrected chi connectivity index (χ2v) is 5.48. The van der Waals surface area contributed by atoms with Crippen LogP contribution in [-0.4, -0.2) is 9.97 Å². The maximum absolute atomic E-state index is 4.95. The molecule has 1 N–H and O–H groups in total. The molecule has 0 bridgehead atoms. The molecule has 0 saturated carbocycles. The first-order valence-electron chi connectivity index (χ1n) is 1.96. The van der Waals surface area contributed by atoms with E-state index < -0.39 is 15.1 Å². The van der Waals surface area contributed by atoms with Gasteiger partial charge >= 0.3 is 34.5 Å². The van der Waals surface area contributed by atoms with Gasteiger partial charge in [0.05, 0.1) is 6.33 Å². The third-order valence-electron chi connectivity index (χ3n) is 0.406. The van der Waals surface area contributed by atoms with Crippen molar-refractivity contribution in [3.63, 3.8) is 0 Å². The molecule has 0 aromatic carbocycles.